The van der Waals surface area contributed by atoms with Crippen LogP contribution in [0.4, 0.5) is 11.4 Å². The van der Waals surface area contributed by atoms with Gasteiger partial charge in [0.1, 0.15) is 0 Å². The first-order valence-electron chi connectivity index (χ1n) is 8.49. The Morgan fingerprint density at radius 2 is 1.85 bits per heavy atom. The summed E-state index contributed by atoms with van der Waals surface area (Å²) >= 11 is 0. The van der Waals surface area contributed by atoms with Gasteiger partial charge in [0, 0.05) is 30.3 Å². The maximum absolute atomic E-state index is 12.1. The van der Waals surface area contributed by atoms with Crippen molar-refractivity contribution in [3.8, 4) is 0 Å². The minimum atomic E-state index is -3.48. The maximum Gasteiger partial charge on any atom is 0.271 e. The Kier molecular flexibility index (Phi) is 5.52. The Morgan fingerprint density at radius 3 is 2.48 bits per heavy atom. The number of hydrogen-bond donors (Lipinski definition) is 2. The van der Waals surface area contributed by atoms with Gasteiger partial charge in [0.05, 0.1) is 9.82 Å². The highest BCUT2D eigenvalue weighted by molar-refractivity contribution is 7.89. The maximum atomic E-state index is 12.1. The Bertz CT molecular complexity index is 953. The van der Waals surface area contributed by atoms with Crippen LogP contribution in [-0.2, 0) is 21.2 Å². The second-order valence-electron chi connectivity index (χ2n) is 6.40. The number of amides is 1. The van der Waals surface area contributed by atoms with Crippen molar-refractivity contribution < 1.29 is 18.1 Å². The van der Waals surface area contributed by atoms with Gasteiger partial charge >= 0.3 is 0 Å². The zero-order valence-corrected chi connectivity index (χ0v) is 15.2. The molecule has 142 valence electrons. The second kappa shape index (κ2) is 7.85. The highest BCUT2D eigenvalue weighted by atomic mass is 32.2. The molecule has 3 rings (SSSR count). The molecule has 1 aliphatic rings. The van der Waals surface area contributed by atoms with Gasteiger partial charge in [-0.15, -0.1) is 0 Å². The van der Waals surface area contributed by atoms with Crippen LogP contribution in [0.15, 0.2) is 53.4 Å². The van der Waals surface area contributed by atoms with Crippen LogP contribution in [-0.4, -0.2) is 25.3 Å². The van der Waals surface area contributed by atoms with Gasteiger partial charge in [0.25, 0.3) is 5.69 Å². The van der Waals surface area contributed by atoms with E-state index in [0.717, 1.165) is 18.4 Å². The molecule has 0 radical (unpaired) electrons. The zero-order chi connectivity index (χ0) is 19.4. The number of nitro benzene ring substituents is 1. The molecule has 1 saturated carbocycles. The molecule has 0 atom stereocenters. The van der Waals surface area contributed by atoms with Crippen LogP contribution in [0.5, 0.6) is 0 Å². The molecular formula is C18H19N3O5S. The SMILES string of the molecule is O=C(CCc1ccc(S(=O)(=O)NC2CC2)cc1)Nc1cccc([N+](=O)[O-])c1. The van der Waals surface area contributed by atoms with Gasteiger partial charge in [-0.25, -0.2) is 13.1 Å². The molecule has 0 unspecified atom stereocenters. The first kappa shape index (κ1) is 19.0. The molecule has 0 bridgehead atoms. The number of anilines is 1. The monoisotopic (exact) mass is 389 g/mol. The number of hydrogen-bond acceptors (Lipinski definition) is 5. The summed E-state index contributed by atoms with van der Waals surface area (Å²) in [5.74, 6) is -0.275. The molecule has 9 heteroatoms. The molecular weight excluding hydrogens is 370 g/mol. The van der Waals surface area contributed by atoms with Crippen molar-refractivity contribution in [2.75, 3.05) is 5.32 Å². The molecule has 0 aliphatic heterocycles. The third-order valence-electron chi connectivity index (χ3n) is 4.11. The minimum Gasteiger partial charge on any atom is -0.326 e. The van der Waals surface area contributed by atoms with Crippen LogP contribution in [0.2, 0.25) is 0 Å². The van der Waals surface area contributed by atoms with Crippen molar-refractivity contribution >= 4 is 27.3 Å². The van der Waals surface area contributed by atoms with E-state index in [0.29, 0.717) is 12.1 Å². The lowest BCUT2D eigenvalue weighted by Crippen LogP contribution is -2.25. The van der Waals surface area contributed by atoms with Gasteiger partial charge in [-0.3, -0.25) is 14.9 Å². The summed E-state index contributed by atoms with van der Waals surface area (Å²) in [6, 6.07) is 12.2. The summed E-state index contributed by atoms with van der Waals surface area (Å²) in [6.07, 6.45) is 2.35. The summed E-state index contributed by atoms with van der Waals surface area (Å²) in [4.78, 5) is 22.5. The fourth-order valence-electron chi connectivity index (χ4n) is 2.50. The molecule has 0 aromatic heterocycles. The Morgan fingerprint density at radius 1 is 1.15 bits per heavy atom. The van der Waals surface area contributed by atoms with Crippen molar-refractivity contribution in [3.05, 3.63) is 64.2 Å². The Balaban J connectivity index is 1.54. The average Bonchev–Trinajstić information content (AvgIpc) is 3.44. The number of carbonyl (C=O) groups is 1. The summed E-state index contributed by atoms with van der Waals surface area (Å²) in [5, 5.41) is 13.4. The van der Waals surface area contributed by atoms with Crippen molar-refractivity contribution in [3.63, 3.8) is 0 Å². The van der Waals surface area contributed by atoms with E-state index < -0.39 is 14.9 Å². The summed E-state index contributed by atoms with van der Waals surface area (Å²) in [5.41, 5.74) is 1.10. The number of nitrogens with one attached hydrogen (secondary N) is 2. The van der Waals surface area contributed by atoms with Crippen LogP contribution in [0.1, 0.15) is 24.8 Å². The second-order valence-corrected chi connectivity index (χ2v) is 8.11. The standard InChI is InChI=1S/C18H19N3O5S/c22-18(19-15-2-1-3-16(12-15)21(23)24)11-6-13-4-9-17(10-5-13)27(25,26)20-14-7-8-14/h1-5,9-10,12,14,20H,6-8,11H2,(H,19,22). The van der Waals surface area contributed by atoms with Gasteiger partial charge in [0.2, 0.25) is 15.9 Å². The third-order valence-corrected chi connectivity index (χ3v) is 5.65. The first-order chi connectivity index (χ1) is 12.8. The fourth-order valence-corrected chi connectivity index (χ4v) is 3.81. The Hall–Kier alpha value is -2.78. The summed E-state index contributed by atoms with van der Waals surface area (Å²) in [6.45, 7) is 0. The van der Waals surface area contributed by atoms with Crippen LogP contribution in [0, 0.1) is 10.1 Å². The fraction of sp³-hybridized carbons (Fsp3) is 0.278. The highest BCUT2D eigenvalue weighted by Crippen LogP contribution is 2.22. The largest absolute Gasteiger partial charge is 0.326 e. The van der Waals surface area contributed by atoms with E-state index >= 15 is 0 Å². The van der Waals surface area contributed by atoms with Crippen molar-refractivity contribution in [2.45, 2.75) is 36.6 Å². The molecule has 27 heavy (non-hydrogen) atoms. The number of nitrogens with zero attached hydrogens (tertiary/aromatic N) is 1. The van der Waals surface area contributed by atoms with E-state index in [1.54, 1.807) is 18.2 Å². The summed E-state index contributed by atoms with van der Waals surface area (Å²) in [7, 11) is -3.48. The molecule has 1 amide bonds. The van der Waals surface area contributed by atoms with E-state index in [1.807, 2.05) is 0 Å². The van der Waals surface area contributed by atoms with Crippen molar-refractivity contribution in [1.29, 1.82) is 0 Å². The number of benzene rings is 2. The Labute approximate surface area is 156 Å². The van der Waals surface area contributed by atoms with Gasteiger partial charge in [-0.05, 0) is 43.0 Å². The van der Waals surface area contributed by atoms with Gasteiger partial charge < -0.3 is 5.32 Å². The predicted octanol–water partition coefficient (Wildman–Crippen LogP) is 2.61. The number of non-ortho nitro benzene ring substituents is 1. The highest BCUT2D eigenvalue weighted by Gasteiger charge is 2.27. The molecule has 8 nitrogen and oxygen atoms in total. The molecule has 2 aromatic carbocycles. The summed E-state index contributed by atoms with van der Waals surface area (Å²) < 4.78 is 26.8. The van der Waals surface area contributed by atoms with Gasteiger partial charge in [-0.2, -0.15) is 0 Å². The molecule has 2 N–H and O–H groups in total. The molecule has 0 saturated heterocycles. The van der Waals surface area contributed by atoms with E-state index in [2.05, 4.69) is 10.0 Å². The van der Waals surface area contributed by atoms with Gasteiger partial charge in [0.15, 0.2) is 0 Å². The molecule has 1 aliphatic carbocycles. The van der Waals surface area contributed by atoms with Crippen LogP contribution in [0.25, 0.3) is 0 Å². The molecule has 0 spiro atoms. The van der Waals surface area contributed by atoms with Gasteiger partial charge in [-0.1, -0.05) is 18.2 Å². The number of aryl methyl sites for hydroxylation is 1. The average molecular weight is 389 g/mol. The van der Waals surface area contributed by atoms with Crippen LogP contribution >= 0.6 is 0 Å². The van der Waals surface area contributed by atoms with E-state index in [4.69, 9.17) is 0 Å². The third kappa shape index (κ3) is 5.35. The quantitative estimate of drug-likeness (QED) is 0.531. The smallest absolute Gasteiger partial charge is 0.271 e. The lowest BCUT2D eigenvalue weighted by molar-refractivity contribution is -0.384. The lowest BCUT2D eigenvalue weighted by atomic mass is 10.1. The molecule has 0 heterocycles. The van der Waals surface area contributed by atoms with E-state index in [-0.39, 0.29) is 29.0 Å². The van der Waals surface area contributed by atoms with Crippen LogP contribution < -0.4 is 10.0 Å². The van der Waals surface area contributed by atoms with Crippen molar-refractivity contribution in [1.82, 2.24) is 4.72 Å². The topological polar surface area (TPSA) is 118 Å². The zero-order valence-electron chi connectivity index (χ0n) is 14.4. The predicted molar refractivity (Wildman–Crippen MR) is 99.8 cm³/mol. The first-order valence-corrected chi connectivity index (χ1v) is 9.97. The number of sulfonamides is 1. The lowest BCUT2D eigenvalue weighted by Gasteiger charge is -2.07. The number of carbonyl (C=O) groups excluding carboxylic acids is 1. The normalized spacial score (nSPS) is 13.9. The van der Waals surface area contributed by atoms with Crippen molar-refractivity contribution in [2.24, 2.45) is 0 Å². The van der Waals surface area contributed by atoms with Crippen LogP contribution in [0.3, 0.4) is 0 Å². The molecule has 2 aromatic rings. The van der Waals surface area contributed by atoms with E-state index in [1.165, 1.54) is 30.3 Å². The number of rotatable bonds is 8. The van der Waals surface area contributed by atoms with E-state index in [9.17, 15) is 23.3 Å². The molecule has 1 fully saturated rings. The number of nitro groups is 1. The minimum absolute atomic E-state index is 0.0483.